The zero-order valence-electron chi connectivity index (χ0n) is 26.5. The molecule has 0 spiro atoms. The number of hydrogen-bond donors (Lipinski definition) is 3. The molecule has 2 aromatic rings. The van der Waals surface area contributed by atoms with Gasteiger partial charge in [-0.1, -0.05) is 44.7 Å². The summed E-state index contributed by atoms with van der Waals surface area (Å²) in [5.41, 5.74) is 1.93. The van der Waals surface area contributed by atoms with Gasteiger partial charge < -0.3 is 20.3 Å². The molecule has 1 heterocycles. The molecule has 6 atom stereocenters. The number of phenolic OH excluding ortho intramolecular Hbond substituents is 1. The van der Waals surface area contributed by atoms with Crippen molar-refractivity contribution in [2.75, 3.05) is 5.32 Å². The molecular formula is C36H50N2O5S. The van der Waals surface area contributed by atoms with E-state index in [1.54, 1.807) is 12.3 Å². The number of hydrogen-bond acceptors (Lipinski definition) is 7. The van der Waals surface area contributed by atoms with Crippen LogP contribution in [-0.2, 0) is 20.7 Å². The van der Waals surface area contributed by atoms with E-state index in [0.717, 1.165) is 62.7 Å². The number of benzene rings is 1. The number of thiazole rings is 1. The quantitative estimate of drug-likeness (QED) is 0.0848. The number of nitrogens with zero attached hydrogens (tertiary/aromatic N) is 1. The van der Waals surface area contributed by atoms with E-state index in [0.29, 0.717) is 48.4 Å². The van der Waals surface area contributed by atoms with Crippen LogP contribution in [0.1, 0.15) is 119 Å². The number of unbranched alkanes of at least 4 members (excludes halogenated alkanes) is 6. The fourth-order valence-corrected chi connectivity index (χ4v) is 9.40. The number of aliphatic hydroxyl groups is 1. The van der Waals surface area contributed by atoms with E-state index >= 15 is 0 Å². The van der Waals surface area contributed by atoms with E-state index in [4.69, 9.17) is 4.74 Å². The number of rotatable bonds is 14. The summed E-state index contributed by atoms with van der Waals surface area (Å²) in [6.45, 7) is 7.86. The Morgan fingerprint density at radius 3 is 2.68 bits per heavy atom. The number of anilines is 1. The number of phenols is 1. The Bertz CT molecular complexity index is 1330. The molecule has 1 aromatic heterocycles. The van der Waals surface area contributed by atoms with Crippen LogP contribution in [0.25, 0.3) is 0 Å². The molecule has 2 fully saturated rings. The topological polar surface area (TPSA) is 109 Å². The average molecular weight is 623 g/mol. The summed E-state index contributed by atoms with van der Waals surface area (Å²) in [5.74, 6) is -0.830. The van der Waals surface area contributed by atoms with Gasteiger partial charge in [0.05, 0.1) is 0 Å². The van der Waals surface area contributed by atoms with Crippen LogP contribution in [0.5, 0.6) is 5.75 Å². The van der Waals surface area contributed by atoms with Gasteiger partial charge in [-0.2, -0.15) is 0 Å². The zero-order valence-corrected chi connectivity index (χ0v) is 27.3. The Labute approximate surface area is 266 Å². The van der Waals surface area contributed by atoms with Gasteiger partial charge in [0.1, 0.15) is 5.75 Å². The minimum Gasteiger partial charge on any atom is -0.508 e. The van der Waals surface area contributed by atoms with Crippen LogP contribution in [0, 0.1) is 30.1 Å². The van der Waals surface area contributed by atoms with Crippen molar-refractivity contribution in [3.05, 3.63) is 53.1 Å². The summed E-state index contributed by atoms with van der Waals surface area (Å²) in [6.07, 6.45) is 16.2. The Hall–Kier alpha value is -2.71. The van der Waals surface area contributed by atoms with E-state index in [9.17, 15) is 19.8 Å². The SMILES string of the molecule is C=CCCCCCCCCC(=O)O[C@@]1(O)C[C@@H](CCC(=O)Nc2ncc(C)s2)C2C3CCc4cc(O)ccc4C3CC[C@@]21C. The molecule has 240 valence electrons. The van der Waals surface area contributed by atoms with E-state index < -0.39 is 11.2 Å². The molecule has 3 N–H and O–H groups in total. The van der Waals surface area contributed by atoms with Crippen LogP contribution >= 0.6 is 11.3 Å². The number of amides is 1. The first-order valence-electron chi connectivity index (χ1n) is 16.7. The van der Waals surface area contributed by atoms with Gasteiger partial charge >= 0.3 is 5.97 Å². The minimum atomic E-state index is -1.55. The first-order chi connectivity index (χ1) is 21.1. The van der Waals surface area contributed by atoms with Gasteiger partial charge in [-0.3, -0.25) is 9.59 Å². The third kappa shape index (κ3) is 7.07. The Morgan fingerprint density at radius 1 is 1.16 bits per heavy atom. The maximum Gasteiger partial charge on any atom is 0.308 e. The molecule has 3 aliphatic carbocycles. The van der Waals surface area contributed by atoms with E-state index in [-0.39, 0.29) is 23.7 Å². The minimum absolute atomic E-state index is 0.0450. The first-order valence-corrected chi connectivity index (χ1v) is 17.5. The van der Waals surface area contributed by atoms with Crippen molar-refractivity contribution in [1.29, 1.82) is 0 Å². The van der Waals surface area contributed by atoms with Crippen molar-refractivity contribution in [1.82, 2.24) is 4.98 Å². The summed E-state index contributed by atoms with van der Waals surface area (Å²) in [6, 6.07) is 5.75. The molecule has 1 amide bonds. The summed E-state index contributed by atoms with van der Waals surface area (Å²) < 4.78 is 6.09. The van der Waals surface area contributed by atoms with Crippen LogP contribution in [-0.4, -0.2) is 32.9 Å². The van der Waals surface area contributed by atoms with Gasteiger partial charge in [0.25, 0.3) is 0 Å². The molecule has 44 heavy (non-hydrogen) atoms. The number of aromatic hydroxyl groups is 1. The lowest BCUT2D eigenvalue weighted by atomic mass is 9.53. The Balaban J connectivity index is 1.28. The van der Waals surface area contributed by atoms with E-state index in [1.807, 2.05) is 19.1 Å². The Morgan fingerprint density at radius 2 is 1.93 bits per heavy atom. The van der Waals surface area contributed by atoms with Crippen molar-refractivity contribution >= 4 is 28.3 Å². The second kappa shape index (κ2) is 14.2. The zero-order chi connectivity index (χ0) is 31.3. The van der Waals surface area contributed by atoms with E-state index in [1.165, 1.54) is 35.3 Å². The highest BCUT2D eigenvalue weighted by molar-refractivity contribution is 7.15. The normalized spacial score (nSPS) is 28.9. The predicted molar refractivity (Wildman–Crippen MR) is 174 cm³/mol. The molecule has 0 saturated heterocycles. The molecule has 0 aliphatic heterocycles. The number of allylic oxidation sites excluding steroid dienone is 1. The summed E-state index contributed by atoms with van der Waals surface area (Å²) in [7, 11) is 0. The van der Waals surface area contributed by atoms with Crippen LogP contribution in [0.15, 0.2) is 37.1 Å². The fourth-order valence-electron chi connectivity index (χ4n) is 8.71. The number of esters is 1. The van der Waals surface area contributed by atoms with Crippen molar-refractivity contribution in [2.24, 2.45) is 23.2 Å². The van der Waals surface area contributed by atoms with Crippen molar-refractivity contribution in [3.63, 3.8) is 0 Å². The monoisotopic (exact) mass is 622 g/mol. The second-order valence-corrected chi connectivity index (χ2v) is 14.9. The third-order valence-electron chi connectivity index (χ3n) is 10.8. The molecule has 3 aliphatic rings. The van der Waals surface area contributed by atoms with Gasteiger partial charge in [-0.05, 0) is 105 Å². The van der Waals surface area contributed by atoms with Gasteiger partial charge in [-0.15, -0.1) is 17.9 Å². The number of ether oxygens (including phenoxy) is 1. The highest BCUT2D eigenvalue weighted by atomic mass is 32.1. The fraction of sp³-hybridized carbons (Fsp3) is 0.639. The number of fused-ring (bicyclic) bond motifs is 5. The maximum absolute atomic E-state index is 13.2. The predicted octanol–water partition coefficient (Wildman–Crippen LogP) is 8.20. The molecule has 3 unspecified atom stereocenters. The number of aromatic nitrogens is 1. The molecule has 1 aromatic carbocycles. The second-order valence-electron chi connectivity index (χ2n) is 13.7. The maximum atomic E-state index is 13.2. The standard InChI is InChI=1S/C36H50N2O5S/c1-4-5-6-7-8-9-10-11-12-32(41)43-36(42)22-26(14-18-31(40)38-34-37-23-24(2)44-34)33-30-16-13-25-21-27(39)15-17-28(25)29(30)19-20-35(33,36)3/h4,15,17,21,23,26,29-30,33,39,42H,1,5-14,16,18-20,22H2,2-3H3,(H,37,38,40)/t26-,29?,30?,33?,35+,36+/m1/s1. The van der Waals surface area contributed by atoms with Gasteiger partial charge in [0.2, 0.25) is 11.7 Å². The molecule has 8 heteroatoms. The van der Waals surface area contributed by atoms with Gasteiger partial charge in [0, 0.05) is 35.8 Å². The molecule has 5 rings (SSSR count). The smallest absolute Gasteiger partial charge is 0.308 e. The highest BCUT2D eigenvalue weighted by Crippen LogP contribution is 2.67. The number of nitrogens with one attached hydrogen (secondary N) is 1. The molecule has 2 saturated carbocycles. The first kappa shape index (κ1) is 32.7. The lowest BCUT2D eigenvalue weighted by molar-refractivity contribution is -0.260. The summed E-state index contributed by atoms with van der Waals surface area (Å²) >= 11 is 1.46. The molecular weight excluding hydrogens is 572 g/mol. The molecule has 0 bridgehead atoms. The van der Waals surface area contributed by atoms with Gasteiger partial charge in [-0.25, -0.2) is 4.98 Å². The Kier molecular flexibility index (Phi) is 10.5. The van der Waals surface area contributed by atoms with Crippen molar-refractivity contribution in [3.8, 4) is 5.75 Å². The molecule has 0 radical (unpaired) electrons. The number of carbonyl (C=O) groups is 2. The largest absolute Gasteiger partial charge is 0.508 e. The van der Waals surface area contributed by atoms with Crippen LogP contribution in [0.2, 0.25) is 0 Å². The summed E-state index contributed by atoms with van der Waals surface area (Å²) in [4.78, 5) is 31.4. The average Bonchev–Trinajstić information content (AvgIpc) is 3.49. The van der Waals surface area contributed by atoms with Crippen molar-refractivity contribution < 1.29 is 24.5 Å². The number of aryl methyl sites for hydroxylation is 2. The number of carbonyl (C=O) groups excluding carboxylic acids is 2. The van der Waals surface area contributed by atoms with Crippen LogP contribution in [0.3, 0.4) is 0 Å². The van der Waals surface area contributed by atoms with Crippen LogP contribution in [0.4, 0.5) is 5.13 Å². The van der Waals surface area contributed by atoms with Crippen LogP contribution < -0.4 is 5.32 Å². The highest BCUT2D eigenvalue weighted by Gasteiger charge is 2.67. The lowest BCUT2D eigenvalue weighted by Crippen LogP contribution is -2.53. The molecule has 7 nitrogen and oxygen atoms in total. The third-order valence-corrected chi connectivity index (χ3v) is 11.7. The lowest BCUT2D eigenvalue weighted by Gasteiger charge is -2.53. The van der Waals surface area contributed by atoms with E-state index in [2.05, 4.69) is 29.9 Å². The van der Waals surface area contributed by atoms with Gasteiger partial charge in [0.15, 0.2) is 5.13 Å². The van der Waals surface area contributed by atoms with Crippen molar-refractivity contribution in [2.45, 2.75) is 122 Å². The summed E-state index contributed by atoms with van der Waals surface area (Å²) in [5, 5.41) is 25.9.